The summed E-state index contributed by atoms with van der Waals surface area (Å²) in [5.74, 6) is 0. The van der Waals surface area contributed by atoms with Crippen molar-refractivity contribution in [3.63, 3.8) is 0 Å². The molecule has 0 saturated heterocycles. The van der Waals surface area contributed by atoms with Crippen LogP contribution in [-0.2, 0) is 4.65 Å². The maximum absolute atomic E-state index is 10.4. The summed E-state index contributed by atoms with van der Waals surface area (Å²) in [4.78, 5) is 4.38. The molecule has 0 saturated carbocycles. The van der Waals surface area contributed by atoms with E-state index in [1.807, 2.05) is 32.3 Å². The number of aliphatic hydroxyl groups is 1. The first-order valence-electron chi connectivity index (χ1n) is 9.31. The van der Waals surface area contributed by atoms with Crippen LogP contribution in [-0.4, -0.2) is 28.8 Å². The van der Waals surface area contributed by atoms with Gasteiger partial charge < -0.3 is 9.76 Å². The predicted molar refractivity (Wildman–Crippen MR) is 115 cm³/mol. The van der Waals surface area contributed by atoms with Crippen molar-refractivity contribution in [3.8, 4) is 0 Å². The first-order valence-corrected chi connectivity index (χ1v) is 9.31. The molecule has 3 aromatic carbocycles. The van der Waals surface area contributed by atoms with Gasteiger partial charge in [-0.05, 0) is 66.2 Å². The van der Waals surface area contributed by atoms with Crippen molar-refractivity contribution in [3.05, 3.63) is 60.9 Å². The molecule has 27 heavy (non-hydrogen) atoms. The molecule has 0 atom stereocenters. The normalized spacial score (nSPS) is 12.8. The molecule has 4 heteroatoms. The number of fused-ring (bicyclic) bond motifs is 5. The molecule has 1 heterocycles. The third-order valence-electron chi connectivity index (χ3n) is 5.79. The van der Waals surface area contributed by atoms with Crippen molar-refractivity contribution in [2.75, 3.05) is 0 Å². The second kappa shape index (κ2) is 6.33. The molecule has 4 rings (SSSR count). The van der Waals surface area contributed by atoms with Crippen molar-refractivity contribution in [2.45, 2.75) is 38.9 Å². The maximum Gasteiger partial charge on any atom is 0.310 e. The van der Waals surface area contributed by atoms with Crippen LogP contribution in [0.2, 0.25) is 0 Å². The minimum Gasteiger partial charge on any atom is -0.427 e. The van der Waals surface area contributed by atoms with Crippen LogP contribution < -0.4 is 5.46 Å². The minimum atomic E-state index is -0.933. The molecule has 3 nitrogen and oxygen atoms in total. The van der Waals surface area contributed by atoms with E-state index in [9.17, 15) is 5.11 Å². The highest BCUT2D eigenvalue weighted by atomic mass is 16.5. The molecule has 0 fully saturated rings. The largest absolute Gasteiger partial charge is 0.427 e. The van der Waals surface area contributed by atoms with Gasteiger partial charge in [0.2, 0.25) is 0 Å². The molecular weight excluding hydrogens is 333 g/mol. The van der Waals surface area contributed by atoms with Gasteiger partial charge >= 0.3 is 7.48 Å². The van der Waals surface area contributed by atoms with Gasteiger partial charge in [0.25, 0.3) is 0 Å². The van der Waals surface area contributed by atoms with E-state index in [-0.39, 0.29) is 0 Å². The van der Waals surface area contributed by atoms with Crippen LogP contribution >= 0.6 is 0 Å². The lowest BCUT2D eigenvalue weighted by Crippen LogP contribution is -2.49. The van der Waals surface area contributed by atoms with Crippen LogP contribution in [0.15, 0.2) is 60.9 Å². The third kappa shape index (κ3) is 3.09. The summed E-state index contributed by atoms with van der Waals surface area (Å²) in [6, 6.07) is 17.0. The molecule has 0 radical (unpaired) electrons. The zero-order valence-electron chi connectivity index (χ0n) is 16.3. The van der Waals surface area contributed by atoms with Crippen LogP contribution in [0.5, 0.6) is 0 Å². The molecule has 4 aromatic rings. The molecule has 0 aliphatic carbocycles. The van der Waals surface area contributed by atoms with E-state index < -0.39 is 11.2 Å². The number of hydrogen-bond donors (Lipinski definition) is 1. The summed E-state index contributed by atoms with van der Waals surface area (Å²) in [6.07, 6.45) is 3.76. The second-order valence-corrected chi connectivity index (χ2v) is 8.20. The van der Waals surface area contributed by atoms with Crippen LogP contribution in [0.1, 0.15) is 27.7 Å². The lowest BCUT2D eigenvalue weighted by molar-refractivity contribution is -0.0893. The Labute approximate surface area is 160 Å². The van der Waals surface area contributed by atoms with Crippen molar-refractivity contribution < 1.29 is 9.76 Å². The Hall–Kier alpha value is -2.43. The van der Waals surface area contributed by atoms with Crippen molar-refractivity contribution in [1.29, 1.82) is 0 Å². The quantitative estimate of drug-likeness (QED) is 0.442. The van der Waals surface area contributed by atoms with E-state index >= 15 is 0 Å². The predicted octanol–water partition coefficient (Wildman–Crippen LogP) is 4.08. The van der Waals surface area contributed by atoms with Crippen LogP contribution in [0, 0.1) is 0 Å². The van der Waals surface area contributed by atoms with Crippen LogP contribution in [0.3, 0.4) is 0 Å². The fourth-order valence-electron chi connectivity index (χ4n) is 3.40. The zero-order valence-corrected chi connectivity index (χ0v) is 16.3. The minimum absolute atomic E-state index is 0.431. The van der Waals surface area contributed by atoms with E-state index in [2.05, 4.69) is 47.4 Å². The second-order valence-electron chi connectivity index (χ2n) is 8.20. The van der Waals surface area contributed by atoms with E-state index in [1.165, 1.54) is 21.5 Å². The standard InChI is InChI=1S/C23H24BNO2/c1-22(2,26)23(3,4)27-24-20-13-16-10-9-15-7-5-6-8-17(15)21(16)19-14-25-12-11-18(19)20/h5-14,24,26H,1-4H3. The van der Waals surface area contributed by atoms with E-state index in [0.29, 0.717) is 7.48 Å². The average Bonchev–Trinajstić information content (AvgIpc) is 2.64. The summed E-state index contributed by atoms with van der Waals surface area (Å²) in [6.45, 7) is 7.40. The number of nitrogens with zero attached hydrogens (tertiary/aromatic N) is 1. The molecule has 136 valence electrons. The molecule has 1 N–H and O–H groups in total. The Balaban J connectivity index is 1.91. The lowest BCUT2D eigenvalue weighted by atomic mass is 9.79. The Morgan fingerprint density at radius 2 is 1.63 bits per heavy atom. The highest BCUT2D eigenvalue weighted by Crippen LogP contribution is 2.31. The molecule has 0 aliphatic rings. The van der Waals surface area contributed by atoms with Gasteiger partial charge in [-0.15, -0.1) is 0 Å². The van der Waals surface area contributed by atoms with Crippen LogP contribution in [0.25, 0.3) is 32.3 Å². The summed E-state index contributed by atoms with van der Waals surface area (Å²) in [7, 11) is 0.431. The summed E-state index contributed by atoms with van der Waals surface area (Å²) < 4.78 is 6.15. The Morgan fingerprint density at radius 3 is 2.41 bits per heavy atom. The number of pyridine rings is 1. The Morgan fingerprint density at radius 1 is 0.889 bits per heavy atom. The lowest BCUT2D eigenvalue weighted by Gasteiger charge is -2.37. The summed E-state index contributed by atoms with van der Waals surface area (Å²) in [5, 5.41) is 17.5. The number of benzene rings is 3. The van der Waals surface area contributed by atoms with Crippen molar-refractivity contribution in [2.24, 2.45) is 0 Å². The highest BCUT2D eigenvalue weighted by Gasteiger charge is 2.35. The van der Waals surface area contributed by atoms with Crippen molar-refractivity contribution in [1.82, 2.24) is 4.98 Å². The Kier molecular flexibility index (Phi) is 4.21. The van der Waals surface area contributed by atoms with Gasteiger partial charge in [-0.25, -0.2) is 0 Å². The van der Waals surface area contributed by atoms with Gasteiger partial charge in [0.15, 0.2) is 0 Å². The fraction of sp³-hybridized carbons (Fsp3) is 0.261. The number of aromatic nitrogens is 1. The van der Waals surface area contributed by atoms with Gasteiger partial charge in [-0.3, -0.25) is 4.98 Å². The summed E-state index contributed by atoms with van der Waals surface area (Å²) in [5.41, 5.74) is -0.491. The van der Waals surface area contributed by atoms with Gasteiger partial charge in [-0.1, -0.05) is 42.5 Å². The first-order chi connectivity index (χ1) is 12.8. The molecule has 0 spiro atoms. The molecule has 0 amide bonds. The fourth-order valence-corrected chi connectivity index (χ4v) is 3.40. The third-order valence-corrected chi connectivity index (χ3v) is 5.79. The molecule has 1 aromatic heterocycles. The molecule has 0 aliphatic heterocycles. The maximum atomic E-state index is 10.4. The van der Waals surface area contributed by atoms with Crippen molar-refractivity contribution >= 4 is 45.3 Å². The van der Waals surface area contributed by atoms with Gasteiger partial charge in [0.1, 0.15) is 0 Å². The van der Waals surface area contributed by atoms with E-state index in [1.54, 1.807) is 13.8 Å². The topological polar surface area (TPSA) is 42.4 Å². The van der Waals surface area contributed by atoms with Gasteiger partial charge in [0, 0.05) is 17.8 Å². The van der Waals surface area contributed by atoms with Crippen LogP contribution in [0.4, 0.5) is 0 Å². The zero-order chi connectivity index (χ0) is 19.2. The van der Waals surface area contributed by atoms with E-state index in [4.69, 9.17) is 4.65 Å². The number of rotatable bonds is 4. The van der Waals surface area contributed by atoms with Gasteiger partial charge in [0.05, 0.1) is 11.2 Å². The number of hydrogen-bond acceptors (Lipinski definition) is 3. The molecular formula is C23H24BNO2. The Bertz CT molecular complexity index is 1150. The smallest absolute Gasteiger partial charge is 0.310 e. The SMILES string of the molecule is CC(C)(O)C(C)(C)OBc1cc2ccc3ccccc3c2c2cnccc12. The average molecular weight is 357 g/mol. The first kappa shape index (κ1) is 18.0. The molecule has 0 bridgehead atoms. The van der Waals surface area contributed by atoms with E-state index in [0.717, 1.165) is 16.2 Å². The molecule has 0 unspecified atom stereocenters. The van der Waals surface area contributed by atoms with Gasteiger partial charge in [-0.2, -0.15) is 0 Å². The monoisotopic (exact) mass is 357 g/mol. The highest BCUT2D eigenvalue weighted by molar-refractivity contribution is 6.53. The summed E-state index contributed by atoms with van der Waals surface area (Å²) >= 11 is 0.